The van der Waals surface area contributed by atoms with E-state index >= 15 is 0 Å². The molecule has 0 aliphatic rings. The van der Waals surface area contributed by atoms with E-state index in [1.165, 1.54) is 11.3 Å². The number of hydrogen-bond donors (Lipinski definition) is 1. The van der Waals surface area contributed by atoms with Crippen LogP contribution in [0.4, 0.5) is 5.82 Å². The molecule has 0 aliphatic carbocycles. The third-order valence-corrected chi connectivity index (χ3v) is 2.67. The molecule has 2 aromatic rings. The van der Waals surface area contributed by atoms with Gasteiger partial charge in [-0.1, -0.05) is 11.6 Å². The van der Waals surface area contributed by atoms with Gasteiger partial charge in [0.1, 0.15) is 5.82 Å². The maximum atomic E-state index is 5.69. The van der Waals surface area contributed by atoms with Gasteiger partial charge in [-0.3, -0.25) is 4.68 Å². The predicted octanol–water partition coefficient (Wildman–Crippen LogP) is 2.14. The first-order valence-corrected chi connectivity index (χ1v) is 5.33. The lowest BCUT2D eigenvalue weighted by molar-refractivity contribution is 0.747. The molecule has 0 aromatic carbocycles. The summed E-state index contributed by atoms with van der Waals surface area (Å²) in [6.45, 7) is 0.668. The average Bonchev–Trinajstić information content (AvgIpc) is 2.72. The van der Waals surface area contributed by atoms with Crippen molar-refractivity contribution in [3.63, 3.8) is 0 Å². The largest absolute Gasteiger partial charge is 0.364 e. The van der Waals surface area contributed by atoms with Gasteiger partial charge >= 0.3 is 0 Å². The highest BCUT2D eigenvalue weighted by Gasteiger charge is 2.00. The fourth-order valence-corrected chi connectivity index (χ4v) is 1.79. The van der Waals surface area contributed by atoms with Crippen LogP contribution in [0.3, 0.4) is 0 Å². The zero-order valence-corrected chi connectivity index (χ0v) is 9.14. The summed E-state index contributed by atoms with van der Waals surface area (Å²) in [5.41, 5.74) is 0.983. The van der Waals surface area contributed by atoms with Crippen LogP contribution in [0, 0.1) is 0 Å². The van der Waals surface area contributed by atoms with Crippen molar-refractivity contribution in [1.82, 2.24) is 14.8 Å². The molecule has 2 heterocycles. The Hall–Kier alpha value is -1.07. The summed E-state index contributed by atoms with van der Waals surface area (Å²) in [6.07, 6.45) is 1.91. The Balaban J connectivity index is 1.94. The van der Waals surface area contributed by atoms with Gasteiger partial charge in [-0.15, -0.1) is 11.3 Å². The highest BCUT2D eigenvalue weighted by atomic mass is 35.5. The first-order chi connectivity index (χ1) is 6.74. The van der Waals surface area contributed by atoms with Gasteiger partial charge in [-0.2, -0.15) is 5.10 Å². The van der Waals surface area contributed by atoms with E-state index in [-0.39, 0.29) is 0 Å². The Bertz CT molecular complexity index is 382. The number of hydrogen-bond acceptors (Lipinski definition) is 4. The highest BCUT2D eigenvalue weighted by Crippen LogP contribution is 2.18. The van der Waals surface area contributed by atoms with E-state index in [1.54, 1.807) is 4.68 Å². The Morgan fingerprint density at radius 3 is 3.07 bits per heavy atom. The molecule has 0 saturated heterocycles. The lowest BCUT2D eigenvalue weighted by Gasteiger charge is -1.98. The molecular weight excluding hydrogens is 220 g/mol. The number of nitrogens with one attached hydrogen (secondary N) is 1. The summed E-state index contributed by atoms with van der Waals surface area (Å²) < 4.78 is 2.32. The third-order valence-electron chi connectivity index (χ3n) is 1.70. The molecule has 0 spiro atoms. The zero-order chi connectivity index (χ0) is 9.97. The van der Waals surface area contributed by atoms with Crippen LogP contribution < -0.4 is 5.32 Å². The number of anilines is 1. The van der Waals surface area contributed by atoms with Crippen LogP contribution >= 0.6 is 22.9 Å². The third kappa shape index (κ3) is 2.24. The number of rotatable bonds is 3. The summed E-state index contributed by atoms with van der Waals surface area (Å²) in [5, 5.41) is 9.24. The first kappa shape index (κ1) is 9.48. The molecule has 1 N–H and O–H groups in total. The van der Waals surface area contributed by atoms with Gasteiger partial charge in [0.2, 0.25) is 0 Å². The van der Waals surface area contributed by atoms with Crippen molar-refractivity contribution >= 4 is 28.8 Å². The van der Waals surface area contributed by atoms with E-state index in [4.69, 9.17) is 11.6 Å². The van der Waals surface area contributed by atoms with Crippen molar-refractivity contribution in [1.29, 1.82) is 0 Å². The highest BCUT2D eigenvalue weighted by molar-refractivity contribution is 7.14. The standard InChI is InChI=1S/C8H9ClN4S/c1-13-3-2-6(12-13)4-10-7-5-14-8(9)11-7/h2-3,5,10H,4H2,1H3. The van der Waals surface area contributed by atoms with Crippen molar-refractivity contribution in [3.05, 3.63) is 27.8 Å². The van der Waals surface area contributed by atoms with E-state index in [1.807, 2.05) is 24.7 Å². The summed E-state index contributed by atoms with van der Waals surface area (Å²) in [4.78, 5) is 4.07. The molecule has 74 valence electrons. The zero-order valence-electron chi connectivity index (χ0n) is 7.57. The number of nitrogens with zero attached hydrogens (tertiary/aromatic N) is 3. The van der Waals surface area contributed by atoms with E-state index in [2.05, 4.69) is 15.4 Å². The van der Waals surface area contributed by atoms with Crippen molar-refractivity contribution in [2.75, 3.05) is 5.32 Å². The lowest BCUT2D eigenvalue weighted by Crippen LogP contribution is -2.01. The summed E-state index contributed by atoms with van der Waals surface area (Å²) in [5.74, 6) is 0.797. The van der Waals surface area contributed by atoms with Gasteiger partial charge in [0, 0.05) is 18.6 Å². The minimum Gasteiger partial charge on any atom is -0.364 e. The van der Waals surface area contributed by atoms with Crippen molar-refractivity contribution in [3.8, 4) is 0 Å². The quantitative estimate of drug-likeness (QED) is 0.876. The number of aromatic nitrogens is 3. The molecule has 0 atom stereocenters. The van der Waals surface area contributed by atoms with Gasteiger partial charge in [-0.05, 0) is 6.07 Å². The summed E-state index contributed by atoms with van der Waals surface area (Å²) in [6, 6.07) is 1.96. The lowest BCUT2D eigenvalue weighted by atomic mass is 10.4. The fraction of sp³-hybridized carbons (Fsp3) is 0.250. The first-order valence-electron chi connectivity index (χ1n) is 4.07. The minimum atomic E-state index is 0.550. The summed E-state index contributed by atoms with van der Waals surface area (Å²) in [7, 11) is 1.89. The Labute approximate surface area is 90.5 Å². The second-order valence-corrected chi connectivity index (χ2v) is 4.26. The Kier molecular flexibility index (Phi) is 2.69. The SMILES string of the molecule is Cn1ccc(CNc2csc(Cl)n2)n1. The molecule has 0 radical (unpaired) electrons. The van der Waals surface area contributed by atoms with Gasteiger partial charge in [0.05, 0.1) is 12.2 Å². The Morgan fingerprint density at radius 2 is 2.50 bits per heavy atom. The van der Waals surface area contributed by atoms with E-state index in [0.29, 0.717) is 11.0 Å². The molecular formula is C8H9ClN4S. The van der Waals surface area contributed by atoms with Gasteiger partial charge in [0.25, 0.3) is 0 Å². The maximum Gasteiger partial charge on any atom is 0.185 e. The molecule has 2 aromatic heterocycles. The number of thiazole rings is 1. The number of aryl methyl sites for hydroxylation is 1. The topological polar surface area (TPSA) is 42.7 Å². The molecule has 14 heavy (non-hydrogen) atoms. The van der Waals surface area contributed by atoms with Crippen LogP contribution in [0.5, 0.6) is 0 Å². The fourth-order valence-electron chi connectivity index (χ4n) is 1.07. The minimum absolute atomic E-state index is 0.550. The van der Waals surface area contributed by atoms with Crippen LogP contribution in [0.1, 0.15) is 5.69 Å². The second kappa shape index (κ2) is 3.98. The van der Waals surface area contributed by atoms with Crippen LogP contribution in [0.2, 0.25) is 4.47 Å². The van der Waals surface area contributed by atoms with Crippen molar-refractivity contribution in [2.24, 2.45) is 7.05 Å². The van der Waals surface area contributed by atoms with Crippen LogP contribution in [-0.4, -0.2) is 14.8 Å². The van der Waals surface area contributed by atoms with Crippen LogP contribution in [0.15, 0.2) is 17.6 Å². The smallest absolute Gasteiger partial charge is 0.185 e. The molecule has 4 nitrogen and oxygen atoms in total. The Morgan fingerprint density at radius 1 is 1.64 bits per heavy atom. The van der Waals surface area contributed by atoms with E-state index in [9.17, 15) is 0 Å². The molecule has 0 bridgehead atoms. The van der Waals surface area contributed by atoms with E-state index in [0.717, 1.165) is 11.5 Å². The normalized spacial score (nSPS) is 10.4. The predicted molar refractivity (Wildman–Crippen MR) is 57.7 cm³/mol. The van der Waals surface area contributed by atoms with Crippen LogP contribution in [0.25, 0.3) is 0 Å². The monoisotopic (exact) mass is 228 g/mol. The summed E-state index contributed by atoms with van der Waals surface area (Å²) >= 11 is 7.10. The molecule has 0 unspecified atom stereocenters. The maximum absolute atomic E-state index is 5.69. The van der Waals surface area contributed by atoms with Gasteiger partial charge in [0.15, 0.2) is 4.47 Å². The van der Waals surface area contributed by atoms with Gasteiger partial charge in [-0.25, -0.2) is 4.98 Å². The van der Waals surface area contributed by atoms with Crippen molar-refractivity contribution < 1.29 is 0 Å². The van der Waals surface area contributed by atoms with Crippen molar-refractivity contribution in [2.45, 2.75) is 6.54 Å². The molecule has 2 rings (SSSR count). The number of halogens is 1. The van der Waals surface area contributed by atoms with Gasteiger partial charge < -0.3 is 5.32 Å². The molecule has 0 saturated carbocycles. The van der Waals surface area contributed by atoms with Crippen LogP contribution in [-0.2, 0) is 13.6 Å². The molecule has 0 fully saturated rings. The average molecular weight is 229 g/mol. The molecule has 6 heteroatoms. The molecule has 0 amide bonds. The molecule has 0 aliphatic heterocycles. The van der Waals surface area contributed by atoms with E-state index < -0.39 is 0 Å². The second-order valence-electron chi connectivity index (χ2n) is 2.82.